The molecule has 1 rings (SSSR count). The summed E-state index contributed by atoms with van der Waals surface area (Å²) in [6.45, 7) is 12.0. The molecule has 0 aromatic heterocycles. The minimum atomic E-state index is 0. The summed E-state index contributed by atoms with van der Waals surface area (Å²) in [5, 5.41) is 16.5. The Labute approximate surface area is 119 Å². The maximum Gasteiger partial charge on any atom is 0.0809 e. The Kier molecular flexibility index (Phi) is 37.8. The molecule has 0 saturated carbocycles. The lowest BCUT2D eigenvalue weighted by molar-refractivity contribution is 0.0576. The van der Waals surface area contributed by atoms with Crippen molar-refractivity contribution in [3.63, 3.8) is 0 Å². The fourth-order valence-electron chi connectivity index (χ4n) is 1.10. The number of aliphatic hydroxyl groups excluding tert-OH is 2. The number of aliphatic hydroxyl groups is 2. The molecule has 0 aromatic rings. The maximum atomic E-state index is 8.56. The molecule has 0 bridgehead atoms. The van der Waals surface area contributed by atoms with Gasteiger partial charge in [-0.15, -0.1) is 0 Å². The average molecular weight is 284 g/mol. The van der Waals surface area contributed by atoms with Crippen LogP contribution in [-0.4, -0.2) is 55.3 Å². The van der Waals surface area contributed by atoms with E-state index in [0.717, 1.165) is 13.0 Å². The highest BCUT2D eigenvalue weighted by molar-refractivity contribution is 4.68. The normalized spacial score (nSPS) is 19.6. The van der Waals surface area contributed by atoms with E-state index in [1.807, 2.05) is 13.8 Å². The first-order valence-electron chi connectivity index (χ1n) is 6.98. The highest BCUT2D eigenvalue weighted by Crippen LogP contribution is 2.17. The van der Waals surface area contributed by atoms with Crippen LogP contribution in [0.4, 0.5) is 0 Å². The van der Waals surface area contributed by atoms with E-state index in [-0.39, 0.29) is 24.8 Å². The molecule has 0 amide bonds. The largest absolute Gasteiger partial charge is 0.412 e. The van der Waals surface area contributed by atoms with Crippen molar-refractivity contribution >= 4 is 0 Å². The van der Waals surface area contributed by atoms with Gasteiger partial charge in [-0.05, 0) is 12.3 Å². The summed E-state index contributed by atoms with van der Waals surface area (Å²) in [6.07, 6.45) is 2.40. The van der Waals surface area contributed by atoms with Gasteiger partial charge in [0.1, 0.15) is 0 Å². The third-order valence-corrected chi connectivity index (χ3v) is 1.78. The fraction of sp³-hybridized carbons (Fsp3) is 1.00. The zero-order chi connectivity index (χ0) is 14.8. The molecule has 4 N–H and O–H groups in total. The van der Waals surface area contributed by atoms with Crippen LogP contribution in [-0.2, 0) is 9.47 Å². The van der Waals surface area contributed by atoms with Gasteiger partial charge in [0, 0.05) is 13.7 Å². The monoisotopic (exact) mass is 284 g/mol. The molecule has 2 atom stereocenters. The lowest BCUT2D eigenvalue weighted by Crippen LogP contribution is -2.09. The summed E-state index contributed by atoms with van der Waals surface area (Å²) in [7, 11) is 1.55. The van der Waals surface area contributed by atoms with E-state index in [2.05, 4.69) is 25.5 Å². The van der Waals surface area contributed by atoms with Gasteiger partial charge in [-0.25, -0.2) is 0 Å². The van der Waals surface area contributed by atoms with Crippen molar-refractivity contribution in [2.45, 2.75) is 53.6 Å². The van der Waals surface area contributed by atoms with E-state index in [4.69, 9.17) is 14.9 Å². The molecule has 19 heavy (non-hydrogen) atoms. The lowest BCUT2D eigenvalue weighted by atomic mass is 10.1. The topological polar surface area (TPSA) is 90.4 Å². The molecule has 0 radical (unpaired) electrons. The van der Waals surface area contributed by atoms with Crippen molar-refractivity contribution in [2.75, 3.05) is 33.5 Å². The van der Waals surface area contributed by atoms with E-state index < -0.39 is 0 Å². The second-order valence-corrected chi connectivity index (χ2v) is 3.90. The summed E-state index contributed by atoms with van der Waals surface area (Å²) >= 11 is 0. The third-order valence-electron chi connectivity index (χ3n) is 1.78. The maximum absolute atomic E-state index is 8.56. The quantitative estimate of drug-likeness (QED) is 0.824. The number of rotatable bonds is 3. The van der Waals surface area contributed by atoms with Gasteiger partial charge in [0.05, 0.1) is 25.9 Å². The van der Waals surface area contributed by atoms with Crippen LogP contribution in [0.1, 0.15) is 47.5 Å². The lowest BCUT2D eigenvalue weighted by Gasteiger charge is -2.01. The first-order valence-corrected chi connectivity index (χ1v) is 6.98. The Morgan fingerprint density at radius 1 is 1.21 bits per heavy atom. The molecule has 1 fully saturated rings. The fourth-order valence-corrected chi connectivity index (χ4v) is 1.10. The minimum Gasteiger partial charge on any atom is -0.412 e. The Morgan fingerprint density at radius 3 is 1.79 bits per heavy atom. The second-order valence-electron chi connectivity index (χ2n) is 3.90. The highest BCUT2D eigenvalue weighted by atomic mass is 16.5. The molecule has 0 aromatic carbocycles. The van der Waals surface area contributed by atoms with E-state index in [1.165, 1.54) is 6.42 Å². The van der Waals surface area contributed by atoms with Crippen molar-refractivity contribution in [1.82, 2.24) is 0 Å². The first kappa shape index (κ1) is 27.2. The second kappa shape index (κ2) is 26.4. The smallest absolute Gasteiger partial charge is 0.0809 e. The molecule has 5 heteroatoms. The van der Waals surface area contributed by atoms with Gasteiger partial charge >= 0.3 is 0 Å². The van der Waals surface area contributed by atoms with Gasteiger partial charge in [-0.2, -0.15) is 0 Å². The van der Waals surface area contributed by atoms with Crippen LogP contribution in [0.5, 0.6) is 0 Å². The molecule has 0 aliphatic carbocycles. The Hall–Kier alpha value is -0.200. The molecule has 1 heterocycles. The Balaban J connectivity index is -0.0000000898. The Bertz CT molecular complexity index is 120. The number of ether oxygens (including phenoxy) is 2. The summed E-state index contributed by atoms with van der Waals surface area (Å²) in [5.74, 6) is 0.646. The van der Waals surface area contributed by atoms with Gasteiger partial charge in [0.2, 0.25) is 0 Å². The van der Waals surface area contributed by atoms with Crippen LogP contribution in [0.3, 0.4) is 0 Å². The summed E-state index contributed by atoms with van der Waals surface area (Å²) < 4.78 is 9.61. The summed E-state index contributed by atoms with van der Waals surface area (Å²) in [5.41, 5.74) is 0. The number of hydrogen-bond donors (Lipinski definition) is 2. The minimum absolute atomic E-state index is 0. The van der Waals surface area contributed by atoms with E-state index >= 15 is 0 Å². The Morgan fingerprint density at radius 2 is 1.68 bits per heavy atom. The van der Waals surface area contributed by atoms with E-state index in [9.17, 15) is 0 Å². The molecule has 5 nitrogen and oxygen atoms in total. The average Bonchev–Trinajstić information content (AvgIpc) is 2.80. The SMILES string of the molecule is CC.CC1CO[C@H](CO)C1.CCC.COCCO.O. The summed E-state index contributed by atoms with van der Waals surface area (Å²) in [4.78, 5) is 0. The van der Waals surface area contributed by atoms with Crippen LogP contribution in [0, 0.1) is 5.92 Å². The van der Waals surface area contributed by atoms with Crippen molar-refractivity contribution in [3.8, 4) is 0 Å². The standard InChI is InChI=1S/C6H12O2.C3H8O2.C3H8.C2H6.H2O/c1-5-2-6(3-7)8-4-5;1-5-3-2-4;1-3-2;1-2;/h5-7H,2-4H2,1H3;4H,2-3H2,1H3;3H2,1-2H3;1-2H3;1H2/t5?,6-;;;;/m0..../s1. The van der Waals surface area contributed by atoms with Crippen LogP contribution >= 0.6 is 0 Å². The highest BCUT2D eigenvalue weighted by Gasteiger charge is 2.20. The van der Waals surface area contributed by atoms with Crippen molar-refractivity contribution in [1.29, 1.82) is 0 Å². The van der Waals surface area contributed by atoms with Crippen LogP contribution < -0.4 is 0 Å². The third kappa shape index (κ3) is 27.1. The van der Waals surface area contributed by atoms with E-state index in [1.54, 1.807) is 7.11 Å². The molecule has 122 valence electrons. The van der Waals surface area contributed by atoms with Gasteiger partial charge in [-0.3, -0.25) is 0 Å². The first-order chi connectivity index (χ1) is 8.65. The van der Waals surface area contributed by atoms with Crippen molar-refractivity contribution < 1.29 is 25.2 Å². The molecule has 0 spiro atoms. The van der Waals surface area contributed by atoms with Gasteiger partial charge in [-0.1, -0.05) is 41.0 Å². The van der Waals surface area contributed by atoms with Crippen LogP contribution in [0.25, 0.3) is 0 Å². The molecule has 1 aliphatic rings. The van der Waals surface area contributed by atoms with E-state index in [0.29, 0.717) is 12.5 Å². The molecular formula is C14H36O5. The summed E-state index contributed by atoms with van der Waals surface area (Å²) in [6, 6.07) is 0. The number of hydrogen-bond acceptors (Lipinski definition) is 4. The predicted molar refractivity (Wildman–Crippen MR) is 80.5 cm³/mol. The van der Waals surface area contributed by atoms with Crippen LogP contribution in [0.15, 0.2) is 0 Å². The molecule has 1 aliphatic heterocycles. The number of methoxy groups -OCH3 is 1. The molecule has 1 saturated heterocycles. The zero-order valence-electron chi connectivity index (χ0n) is 13.6. The zero-order valence-corrected chi connectivity index (χ0v) is 13.6. The van der Waals surface area contributed by atoms with Gasteiger partial charge < -0.3 is 25.2 Å². The van der Waals surface area contributed by atoms with Crippen molar-refractivity contribution in [3.05, 3.63) is 0 Å². The van der Waals surface area contributed by atoms with Crippen LogP contribution in [0.2, 0.25) is 0 Å². The molecule has 1 unspecified atom stereocenters. The van der Waals surface area contributed by atoms with Gasteiger partial charge in [0.15, 0.2) is 0 Å². The van der Waals surface area contributed by atoms with Crippen molar-refractivity contribution in [2.24, 2.45) is 5.92 Å². The van der Waals surface area contributed by atoms with Gasteiger partial charge in [0.25, 0.3) is 0 Å². The molecular weight excluding hydrogens is 248 g/mol. The predicted octanol–water partition coefficient (Wildman–Crippen LogP) is 1.65.